The molecule has 1 heterocycles. The molecule has 128 valence electrons. The standard InChI is InChI=1S/C16H20ClF3N2O/c1-22-8-4-2-3-5-14(22)15(23)21-10-11-9-12(16(18,19)20)6-7-13(11)17/h6-7,9,14H,2-5,8,10H2,1H3,(H,21,23)/t14-/m0/s1. The first kappa shape index (κ1) is 18.1. The molecule has 1 aromatic carbocycles. The average molecular weight is 349 g/mol. The molecular formula is C16H20ClF3N2O. The topological polar surface area (TPSA) is 32.3 Å². The highest BCUT2D eigenvalue weighted by atomic mass is 35.5. The Labute approximate surface area is 138 Å². The highest BCUT2D eigenvalue weighted by molar-refractivity contribution is 6.31. The number of likely N-dealkylation sites (N-methyl/N-ethyl adjacent to an activating group) is 1. The Kier molecular flexibility index (Phi) is 5.92. The first-order chi connectivity index (χ1) is 10.8. The minimum Gasteiger partial charge on any atom is -0.351 e. The Hall–Kier alpha value is -1.27. The largest absolute Gasteiger partial charge is 0.416 e. The van der Waals surface area contributed by atoms with Crippen molar-refractivity contribution in [2.24, 2.45) is 0 Å². The number of carbonyl (C=O) groups is 1. The summed E-state index contributed by atoms with van der Waals surface area (Å²) in [6.45, 7) is 0.842. The second-order valence-electron chi connectivity index (χ2n) is 5.87. The number of rotatable bonds is 3. The van der Waals surface area contributed by atoms with Crippen LogP contribution in [0.1, 0.15) is 36.8 Å². The lowest BCUT2D eigenvalue weighted by molar-refractivity contribution is -0.137. The summed E-state index contributed by atoms with van der Waals surface area (Å²) in [5.41, 5.74) is -0.496. The lowest BCUT2D eigenvalue weighted by Crippen LogP contribution is -2.44. The van der Waals surface area contributed by atoms with Gasteiger partial charge in [0.15, 0.2) is 0 Å². The Morgan fingerprint density at radius 3 is 2.78 bits per heavy atom. The molecule has 23 heavy (non-hydrogen) atoms. The number of amides is 1. The maximum Gasteiger partial charge on any atom is 0.416 e. The summed E-state index contributed by atoms with van der Waals surface area (Å²) in [5.74, 6) is -0.164. The third kappa shape index (κ3) is 4.85. The fourth-order valence-electron chi connectivity index (χ4n) is 2.77. The van der Waals surface area contributed by atoms with Crippen LogP contribution in [0.2, 0.25) is 5.02 Å². The van der Waals surface area contributed by atoms with Crippen molar-refractivity contribution in [2.45, 2.75) is 44.4 Å². The first-order valence-electron chi connectivity index (χ1n) is 7.62. The number of nitrogens with zero attached hydrogens (tertiary/aromatic N) is 1. The van der Waals surface area contributed by atoms with Gasteiger partial charge in [-0.15, -0.1) is 0 Å². The SMILES string of the molecule is CN1CCCCC[C@H]1C(=O)NCc1cc(C(F)(F)F)ccc1Cl. The van der Waals surface area contributed by atoms with Crippen LogP contribution in [-0.4, -0.2) is 30.4 Å². The minimum absolute atomic E-state index is 0.00801. The van der Waals surface area contributed by atoms with Crippen molar-refractivity contribution in [1.82, 2.24) is 10.2 Å². The summed E-state index contributed by atoms with van der Waals surface area (Å²) in [4.78, 5) is 14.3. The van der Waals surface area contributed by atoms with Gasteiger partial charge in [0.1, 0.15) is 0 Å². The second-order valence-corrected chi connectivity index (χ2v) is 6.27. The number of carbonyl (C=O) groups excluding carboxylic acids is 1. The van der Waals surface area contributed by atoms with Crippen molar-refractivity contribution in [3.63, 3.8) is 0 Å². The van der Waals surface area contributed by atoms with Gasteiger partial charge in [0.05, 0.1) is 11.6 Å². The van der Waals surface area contributed by atoms with Gasteiger partial charge < -0.3 is 5.32 Å². The maximum absolute atomic E-state index is 12.7. The molecular weight excluding hydrogens is 329 g/mol. The van der Waals surface area contributed by atoms with Crippen molar-refractivity contribution in [2.75, 3.05) is 13.6 Å². The highest BCUT2D eigenvalue weighted by Gasteiger charge is 2.31. The Morgan fingerprint density at radius 1 is 1.35 bits per heavy atom. The molecule has 1 fully saturated rings. The molecule has 7 heteroatoms. The van der Waals surface area contributed by atoms with Crippen LogP contribution in [0.15, 0.2) is 18.2 Å². The molecule has 0 spiro atoms. The third-order valence-corrected chi connectivity index (χ3v) is 4.52. The number of halogens is 4. The van der Waals surface area contributed by atoms with E-state index in [0.29, 0.717) is 0 Å². The molecule has 0 radical (unpaired) electrons. The molecule has 0 bridgehead atoms. The van der Waals surface area contributed by atoms with Crippen LogP contribution in [0.4, 0.5) is 13.2 Å². The second kappa shape index (κ2) is 7.53. The average Bonchev–Trinajstić information content (AvgIpc) is 2.69. The molecule has 1 N–H and O–H groups in total. The Balaban J connectivity index is 2.03. The van der Waals surface area contributed by atoms with E-state index in [2.05, 4.69) is 5.32 Å². The van der Waals surface area contributed by atoms with E-state index in [-0.39, 0.29) is 29.1 Å². The quantitative estimate of drug-likeness (QED) is 0.900. The van der Waals surface area contributed by atoms with Crippen LogP contribution in [-0.2, 0) is 17.5 Å². The summed E-state index contributed by atoms with van der Waals surface area (Å²) >= 11 is 5.94. The predicted octanol–water partition coefficient (Wildman–Crippen LogP) is 3.85. The number of hydrogen-bond donors (Lipinski definition) is 1. The lowest BCUT2D eigenvalue weighted by atomic mass is 10.1. The smallest absolute Gasteiger partial charge is 0.351 e. The summed E-state index contributed by atoms with van der Waals surface area (Å²) in [6, 6.07) is 2.90. The van der Waals surface area contributed by atoms with Crippen LogP contribution in [0.5, 0.6) is 0 Å². The lowest BCUT2D eigenvalue weighted by Gasteiger charge is -2.24. The van der Waals surface area contributed by atoms with Crippen LogP contribution in [0.3, 0.4) is 0 Å². The zero-order valence-corrected chi connectivity index (χ0v) is 13.7. The molecule has 1 atom stereocenters. The molecule has 0 aliphatic carbocycles. The van der Waals surface area contributed by atoms with Crippen LogP contribution >= 0.6 is 11.6 Å². The number of benzene rings is 1. The van der Waals surface area contributed by atoms with Gasteiger partial charge in [-0.05, 0) is 50.2 Å². The fourth-order valence-corrected chi connectivity index (χ4v) is 2.95. The number of hydrogen-bond acceptors (Lipinski definition) is 2. The minimum atomic E-state index is -4.43. The zero-order chi connectivity index (χ0) is 17.0. The molecule has 1 saturated heterocycles. The molecule has 1 amide bonds. The summed E-state index contributed by atoms with van der Waals surface area (Å²) in [5, 5.41) is 2.93. The maximum atomic E-state index is 12.7. The summed E-state index contributed by atoms with van der Waals surface area (Å²) in [6.07, 6.45) is -0.538. The van der Waals surface area contributed by atoms with Gasteiger partial charge in [0.2, 0.25) is 5.91 Å². The van der Waals surface area contributed by atoms with Crippen LogP contribution < -0.4 is 5.32 Å². The molecule has 2 rings (SSSR count). The molecule has 0 saturated carbocycles. The molecule has 1 aliphatic heterocycles. The van der Waals surface area contributed by atoms with Crippen molar-refractivity contribution in [3.8, 4) is 0 Å². The van der Waals surface area contributed by atoms with Gasteiger partial charge in [-0.2, -0.15) is 13.2 Å². The van der Waals surface area contributed by atoms with E-state index in [9.17, 15) is 18.0 Å². The zero-order valence-electron chi connectivity index (χ0n) is 12.9. The van der Waals surface area contributed by atoms with Gasteiger partial charge in [-0.25, -0.2) is 0 Å². The molecule has 1 aromatic rings. The van der Waals surface area contributed by atoms with Crippen LogP contribution in [0, 0.1) is 0 Å². The van der Waals surface area contributed by atoms with E-state index in [1.54, 1.807) is 0 Å². The monoisotopic (exact) mass is 348 g/mol. The molecule has 3 nitrogen and oxygen atoms in total. The third-order valence-electron chi connectivity index (χ3n) is 4.15. The summed E-state index contributed by atoms with van der Waals surface area (Å²) in [7, 11) is 1.90. The number of nitrogens with one attached hydrogen (secondary N) is 1. The van der Waals surface area contributed by atoms with Crippen molar-refractivity contribution in [1.29, 1.82) is 0 Å². The predicted molar refractivity (Wildman–Crippen MR) is 83.2 cm³/mol. The van der Waals surface area contributed by atoms with E-state index in [4.69, 9.17) is 11.6 Å². The van der Waals surface area contributed by atoms with Gasteiger partial charge in [-0.1, -0.05) is 24.4 Å². The number of likely N-dealkylation sites (tertiary alicyclic amines) is 1. The van der Waals surface area contributed by atoms with Crippen molar-refractivity contribution >= 4 is 17.5 Å². The first-order valence-corrected chi connectivity index (χ1v) is 8.00. The number of alkyl halides is 3. The van der Waals surface area contributed by atoms with E-state index in [1.165, 1.54) is 6.07 Å². The van der Waals surface area contributed by atoms with E-state index < -0.39 is 11.7 Å². The van der Waals surface area contributed by atoms with Gasteiger partial charge in [-0.3, -0.25) is 9.69 Å². The van der Waals surface area contributed by atoms with E-state index >= 15 is 0 Å². The molecule has 1 aliphatic rings. The Bertz CT molecular complexity index is 563. The fraction of sp³-hybridized carbons (Fsp3) is 0.562. The van der Waals surface area contributed by atoms with Gasteiger partial charge in [0.25, 0.3) is 0 Å². The van der Waals surface area contributed by atoms with Gasteiger partial charge >= 0.3 is 6.18 Å². The highest BCUT2D eigenvalue weighted by Crippen LogP contribution is 2.31. The Morgan fingerprint density at radius 2 is 2.09 bits per heavy atom. The van der Waals surface area contributed by atoms with Crippen molar-refractivity contribution < 1.29 is 18.0 Å². The molecule has 0 aromatic heterocycles. The van der Waals surface area contributed by atoms with E-state index in [0.717, 1.165) is 44.4 Å². The van der Waals surface area contributed by atoms with Crippen LogP contribution in [0.25, 0.3) is 0 Å². The van der Waals surface area contributed by atoms with E-state index in [1.807, 2.05) is 11.9 Å². The van der Waals surface area contributed by atoms with Gasteiger partial charge in [0, 0.05) is 11.6 Å². The van der Waals surface area contributed by atoms with Crippen molar-refractivity contribution in [3.05, 3.63) is 34.3 Å². The normalized spacial score (nSPS) is 20.1. The molecule has 0 unspecified atom stereocenters. The summed E-state index contributed by atoms with van der Waals surface area (Å²) < 4.78 is 38.2.